The Morgan fingerprint density at radius 2 is 2.06 bits per heavy atom. The van der Waals surface area contributed by atoms with Crippen molar-refractivity contribution in [2.45, 2.75) is 39.2 Å². The first-order chi connectivity index (χ1) is 8.72. The number of hydrogen-bond acceptors (Lipinski definition) is 3. The molecule has 18 heavy (non-hydrogen) atoms. The molecule has 0 bridgehead atoms. The monoisotopic (exact) mass is 249 g/mol. The average molecular weight is 249 g/mol. The minimum Gasteiger partial charge on any atom is -0.354 e. The van der Waals surface area contributed by atoms with Crippen LogP contribution in [0.5, 0.6) is 0 Å². The summed E-state index contributed by atoms with van der Waals surface area (Å²) in [5.41, 5.74) is 1.27. The van der Waals surface area contributed by atoms with Crippen LogP contribution in [0.3, 0.4) is 0 Å². The molecule has 0 fully saturated rings. The molecule has 1 aromatic heterocycles. The molecule has 4 heteroatoms. The molecular weight excluding hydrogens is 226 g/mol. The molecular formula is C14H23N3O. The van der Waals surface area contributed by atoms with E-state index >= 15 is 0 Å². The summed E-state index contributed by atoms with van der Waals surface area (Å²) in [6, 6.07) is 4.29. The minimum absolute atomic E-state index is 0.126. The van der Waals surface area contributed by atoms with E-state index in [9.17, 15) is 4.79 Å². The molecule has 1 atom stereocenters. The van der Waals surface area contributed by atoms with Crippen molar-refractivity contribution in [3.8, 4) is 0 Å². The minimum atomic E-state index is 0.126. The van der Waals surface area contributed by atoms with E-state index in [1.54, 1.807) is 12.4 Å². The van der Waals surface area contributed by atoms with Gasteiger partial charge in [0.2, 0.25) is 5.91 Å². The largest absolute Gasteiger partial charge is 0.354 e. The standard InChI is InChI=1S/C14H23N3O/c1-3-12(2)17-14(18)7-11-16-10-6-13-4-8-15-9-5-13/h4-5,8-9,12,16H,3,6-7,10-11H2,1-2H3,(H,17,18). The van der Waals surface area contributed by atoms with Gasteiger partial charge >= 0.3 is 0 Å². The van der Waals surface area contributed by atoms with Crippen LogP contribution in [0.1, 0.15) is 32.3 Å². The van der Waals surface area contributed by atoms with Gasteiger partial charge in [-0.3, -0.25) is 9.78 Å². The third-order valence-corrected chi connectivity index (χ3v) is 2.89. The summed E-state index contributed by atoms with van der Waals surface area (Å²) in [5.74, 6) is 0.126. The number of carbonyl (C=O) groups is 1. The number of rotatable bonds is 8. The van der Waals surface area contributed by atoms with Crippen molar-refractivity contribution in [3.63, 3.8) is 0 Å². The molecule has 0 aromatic carbocycles. The van der Waals surface area contributed by atoms with Gasteiger partial charge in [-0.1, -0.05) is 6.92 Å². The van der Waals surface area contributed by atoms with E-state index in [2.05, 4.69) is 22.5 Å². The highest BCUT2D eigenvalue weighted by Gasteiger charge is 2.04. The van der Waals surface area contributed by atoms with Crippen LogP contribution in [0, 0.1) is 0 Å². The predicted octanol–water partition coefficient (Wildman–Crippen LogP) is 1.52. The molecule has 1 amide bonds. The van der Waals surface area contributed by atoms with Crippen molar-refractivity contribution in [2.75, 3.05) is 13.1 Å². The van der Waals surface area contributed by atoms with Crippen LogP contribution in [0.15, 0.2) is 24.5 Å². The third kappa shape index (κ3) is 6.35. The maximum absolute atomic E-state index is 11.5. The van der Waals surface area contributed by atoms with Crippen LogP contribution in [-0.2, 0) is 11.2 Å². The highest BCUT2D eigenvalue weighted by Crippen LogP contribution is 1.96. The van der Waals surface area contributed by atoms with Crippen LogP contribution in [0.4, 0.5) is 0 Å². The van der Waals surface area contributed by atoms with Gasteiger partial charge in [0.15, 0.2) is 0 Å². The summed E-state index contributed by atoms with van der Waals surface area (Å²) in [6.07, 6.45) is 6.08. The van der Waals surface area contributed by atoms with E-state index in [0.717, 1.165) is 25.9 Å². The predicted molar refractivity (Wildman–Crippen MR) is 73.3 cm³/mol. The highest BCUT2D eigenvalue weighted by molar-refractivity contribution is 5.76. The highest BCUT2D eigenvalue weighted by atomic mass is 16.1. The zero-order valence-corrected chi connectivity index (χ0v) is 11.3. The quantitative estimate of drug-likeness (QED) is 0.687. The lowest BCUT2D eigenvalue weighted by atomic mass is 10.2. The lowest BCUT2D eigenvalue weighted by Crippen LogP contribution is -2.34. The number of aromatic nitrogens is 1. The first-order valence-corrected chi connectivity index (χ1v) is 6.61. The zero-order chi connectivity index (χ0) is 13.2. The van der Waals surface area contributed by atoms with Crippen LogP contribution >= 0.6 is 0 Å². The number of carbonyl (C=O) groups excluding carboxylic acids is 1. The van der Waals surface area contributed by atoms with Crippen molar-refractivity contribution in [1.29, 1.82) is 0 Å². The van der Waals surface area contributed by atoms with E-state index in [1.807, 2.05) is 19.1 Å². The van der Waals surface area contributed by atoms with Crippen LogP contribution in [-0.4, -0.2) is 30.0 Å². The maximum atomic E-state index is 11.5. The third-order valence-electron chi connectivity index (χ3n) is 2.89. The zero-order valence-electron chi connectivity index (χ0n) is 11.3. The number of nitrogens with one attached hydrogen (secondary N) is 2. The Morgan fingerprint density at radius 3 is 2.72 bits per heavy atom. The Labute approximate surface area is 109 Å². The Bertz CT molecular complexity index is 340. The van der Waals surface area contributed by atoms with Crippen molar-refractivity contribution < 1.29 is 4.79 Å². The van der Waals surface area contributed by atoms with Crippen molar-refractivity contribution in [3.05, 3.63) is 30.1 Å². The van der Waals surface area contributed by atoms with Gasteiger partial charge in [0.05, 0.1) is 0 Å². The molecule has 0 aliphatic rings. The number of pyridine rings is 1. The van der Waals surface area contributed by atoms with E-state index in [1.165, 1.54) is 5.56 Å². The second kappa shape index (κ2) is 8.64. The topological polar surface area (TPSA) is 54.0 Å². The van der Waals surface area contributed by atoms with Gasteiger partial charge in [-0.15, -0.1) is 0 Å². The molecule has 0 saturated carbocycles. The first kappa shape index (κ1) is 14.6. The number of nitrogens with zero attached hydrogens (tertiary/aromatic N) is 1. The van der Waals surface area contributed by atoms with Crippen LogP contribution < -0.4 is 10.6 Å². The van der Waals surface area contributed by atoms with E-state index in [-0.39, 0.29) is 11.9 Å². The molecule has 1 aromatic rings. The summed E-state index contributed by atoms with van der Waals surface area (Å²) in [4.78, 5) is 15.5. The summed E-state index contributed by atoms with van der Waals surface area (Å²) >= 11 is 0. The summed E-state index contributed by atoms with van der Waals surface area (Å²) in [7, 11) is 0. The molecule has 0 radical (unpaired) electrons. The fraction of sp³-hybridized carbons (Fsp3) is 0.571. The molecule has 1 rings (SSSR count). The van der Waals surface area contributed by atoms with Crippen LogP contribution in [0.2, 0.25) is 0 Å². The summed E-state index contributed by atoms with van der Waals surface area (Å²) in [6.45, 7) is 5.71. The number of hydrogen-bond donors (Lipinski definition) is 2. The fourth-order valence-electron chi connectivity index (χ4n) is 1.56. The van der Waals surface area contributed by atoms with Gasteiger partial charge < -0.3 is 10.6 Å². The van der Waals surface area contributed by atoms with Gasteiger partial charge in [0.1, 0.15) is 0 Å². The Kier molecular flexibility index (Phi) is 7.03. The van der Waals surface area contributed by atoms with Crippen molar-refractivity contribution >= 4 is 5.91 Å². The molecule has 1 heterocycles. The smallest absolute Gasteiger partial charge is 0.221 e. The molecule has 0 aliphatic carbocycles. The molecule has 0 saturated heterocycles. The summed E-state index contributed by atoms with van der Waals surface area (Å²) < 4.78 is 0. The van der Waals surface area contributed by atoms with Gasteiger partial charge in [-0.2, -0.15) is 0 Å². The number of amides is 1. The fourth-order valence-corrected chi connectivity index (χ4v) is 1.56. The molecule has 100 valence electrons. The molecule has 0 spiro atoms. The molecule has 0 aliphatic heterocycles. The van der Waals surface area contributed by atoms with Crippen molar-refractivity contribution in [1.82, 2.24) is 15.6 Å². The SMILES string of the molecule is CCC(C)NC(=O)CCNCCc1ccncc1. The lowest BCUT2D eigenvalue weighted by Gasteiger charge is -2.11. The second-order valence-electron chi connectivity index (χ2n) is 4.48. The lowest BCUT2D eigenvalue weighted by molar-refractivity contribution is -0.121. The average Bonchev–Trinajstić information content (AvgIpc) is 2.39. The summed E-state index contributed by atoms with van der Waals surface area (Å²) in [5, 5.41) is 6.23. The normalized spacial score (nSPS) is 12.1. The van der Waals surface area contributed by atoms with Crippen LogP contribution in [0.25, 0.3) is 0 Å². The second-order valence-corrected chi connectivity index (χ2v) is 4.48. The first-order valence-electron chi connectivity index (χ1n) is 6.61. The van der Waals surface area contributed by atoms with E-state index < -0.39 is 0 Å². The molecule has 2 N–H and O–H groups in total. The Morgan fingerprint density at radius 1 is 1.33 bits per heavy atom. The molecule has 1 unspecified atom stereocenters. The van der Waals surface area contributed by atoms with Gasteiger partial charge in [-0.25, -0.2) is 0 Å². The Hall–Kier alpha value is -1.42. The van der Waals surface area contributed by atoms with Crippen molar-refractivity contribution in [2.24, 2.45) is 0 Å². The Balaban J connectivity index is 2.03. The molecule has 4 nitrogen and oxygen atoms in total. The van der Waals surface area contributed by atoms with Gasteiger partial charge in [-0.05, 0) is 44.0 Å². The van der Waals surface area contributed by atoms with E-state index in [0.29, 0.717) is 6.42 Å². The van der Waals surface area contributed by atoms with Gasteiger partial charge in [0, 0.05) is 31.4 Å². The van der Waals surface area contributed by atoms with E-state index in [4.69, 9.17) is 0 Å². The maximum Gasteiger partial charge on any atom is 0.221 e. The van der Waals surface area contributed by atoms with Gasteiger partial charge in [0.25, 0.3) is 0 Å².